The highest BCUT2D eigenvalue weighted by molar-refractivity contribution is 7.09. The number of nitrogens with one attached hydrogen (secondary N) is 2. The zero-order valence-electron chi connectivity index (χ0n) is 13.3. The Labute approximate surface area is 150 Å². The second-order valence-corrected chi connectivity index (χ2v) is 6.68. The monoisotopic (exact) mass is 362 g/mol. The summed E-state index contributed by atoms with van der Waals surface area (Å²) >= 11 is 7.25. The Kier molecular flexibility index (Phi) is 5.79. The van der Waals surface area contributed by atoms with Crippen LogP contribution in [0.1, 0.15) is 18.9 Å². The molecular weight excluding hydrogens is 344 g/mol. The molecule has 24 heavy (non-hydrogen) atoms. The number of hydrogen-bond donors (Lipinski definition) is 2. The summed E-state index contributed by atoms with van der Waals surface area (Å²) in [7, 11) is 0. The fourth-order valence-electron chi connectivity index (χ4n) is 2.16. The van der Waals surface area contributed by atoms with E-state index in [1.54, 1.807) is 17.1 Å². The molecule has 0 aliphatic carbocycles. The molecule has 2 N–H and O–H groups in total. The van der Waals surface area contributed by atoms with Gasteiger partial charge in [0.15, 0.2) is 0 Å². The smallest absolute Gasteiger partial charge is 0.248 e. The van der Waals surface area contributed by atoms with E-state index in [1.165, 1.54) is 17.1 Å². The number of benzene rings is 1. The molecule has 1 aromatic carbocycles. The lowest BCUT2D eigenvalue weighted by Gasteiger charge is -2.14. The summed E-state index contributed by atoms with van der Waals surface area (Å²) in [4.78, 5) is 8.43. The van der Waals surface area contributed by atoms with Crippen molar-refractivity contribution in [1.29, 1.82) is 0 Å². The van der Waals surface area contributed by atoms with Crippen LogP contribution in [0.5, 0.6) is 0 Å². The first-order valence-electron chi connectivity index (χ1n) is 7.74. The lowest BCUT2D eigenvalue weighted by molar-refractivity contribution is 0.525. The Morgan fingerprint density at radius 3 is 2.88 bits per heavy atom. The number of halogens is 1. The molecular formula is C16H19ClN6S. The number of imidazole rings is 1. The molecule has 0 aliphatic heterocycles. The van der Waals surface area contributed by atoms with Crippen molar-refractivity contribution in [3.8, 4) is 5.95 Å². The quantitative estimate of drug-likeness (QED) is 0.643. The third-order valence-corrected chi connectivity index (χ3v) is 4.49. The Morgan fingerprint density at radius 2 is 2.12 bits per heavy atom. The number of rotatable bonds is 8. The molecule has 0 aliphatic rings. The van der Waals surface area contributed by atoms with Crippen molar-refractivity contribution in [3.63, 3.8) is 0 Å². The minimum Gasteiger partial charge on any atom is -0.360 e. The van der Waals surface area contributed by atoms with Gasteiger partial charge in [-0.25, -0.2) is 4.98 Å². The molecule has 126 valence electrons. The van der Waals surface area contributed by atoms with Crippen molar-refractivity contribution in [2.75, 3.05) is 11.9 Å². The minimum atomic E-state index is 0.397. The molecule has 6 nitrogen and oxygen atoms in total. The van der Waals surface area contributed by atoms with Gasteiger partial charge in [-0.1, -0.05) is 23.7 Å². The third-order valence-electron chi connectivity index (χ3n) is 3.57. The van der Waals surface area contributed by atoms with Crippen LogP contribution in [0, 0.1) is 0 Å². The van der Waals surface area contributed by atoms with Crippen molar-refractivity contribution in [2.24, 2.45) is 0 Å². The van der Waals surface area contributed by atoms with Crippen LogP contribution in [0.2, 0.25) is 5.02 Å². The first-order chi connectivity index (χ1) is 11.7. The first kappa shape index (κ1) is 16.9. The van der Waals surface area contributed by atoms with E-state index in [0.717, 1.165) is 29.7 Å². The average Bonchev–Trinajstić information content (AvgIpc) is 3.25. The van der Waals surface area contributed by atoms with Gasteiger partial charge in [0.25, 0.3) is 0 Å². The predicted octanol–water partition coefficient (Wildman–Crippen LogP) is 3.36. The summed E-state index contributed by atoms with van der Waals surface area (Å²) in [6, 6.07) is 8.31. The normalized spacial score (nSPS) is 12.2. The fraction of sp³-hybridized carbons (Fsp3) is 0.312. The van der Waals surface area contributed by atoms with Crippen LogP contribution in [0.15, 0.2) is 43.0 Å². The van der Waals surface area contributed by atoms with Crippen LogP contribution in [-0.4, -0.2) is 31.5 Å². The summed E-state index contributed by atoms with van der Waals surface area (Å²) in [6.45, 7) is 3.85. The second kappa shape index (κ2) is 8.23. The molecule has 2 aromatic heterocycles. The van der Waals surface area contributed by atoms with E-state index in [0.29, 0.717) is 12.0 Å². The van der Waals surface area contributed by atoms with Crippen LogP contribution in [-0.2, 0) is 6.54 Å². The van der Waals surface area contributed by atoms with Gasteiger partial charge in [-0.3, -0.25) is 4.57 Å². The maximum Gasteiger partial charge on any atom is 0.248 e. The van der Waals surface area contributed by atoms with Gasteiger partial charge in [0, 0.05) is 48.1 Å². The Bertz CT molecular complexity index is 740. The lowest BCUT2D eigenvalue weighted by Crippen LogP contribution is -2.27. The summed E-state index contributed by atoms with van der Waals surface area (Å²) in [5, 5.41) is 8.41. The predicted molar refractivity (Wildman–Crippen MR) is 97.9 cm³/mol. The largest absolute Gasteiger partial charge is 0.360 e. The van der Waals surface area contributed by atoms with Gasteiger partial charge in [0.05, 0.1) is 0 Å². The maximum absolute atomic E-state index is 5.89. The van der Waals surface area contributed by atoms with Gasteiger partial charge in [-0.2, -0.15) is 9.36 Å². The molecule has 0 saturated carbocycles. The molecule has 8 heteroatoms. The number of hydrogen-bond acceptors (Lipinski definition) is 6. The topological polar surface area (TPSA) is 67.7 Å². The molecule has 0 amide bonds. The highest BCUT2D eigenvalue weighted by Gasteiger charge is 2.06. The molecule has 3 aromatic rings. The van der Waals surface area contributed by atoms with Gasteiger partial charge in [-0.15, -0.1) is 0 Å². The molecule has 0 radical (unpaired) electrons. The van der Waals surface area contributed by atoms with Crippen LogP contribution >= 0.6 is 23.1 Å². The number of anilines is 1. The van der Waals surface area contributed by atoms with Crippen LogP contribution in [0.4, 0.5) is 5.13 Å². The van der Waals surface area contributed by atoms with Crippen LogP contribution < -0.4 is 10.6 Å². The lowest BCUT2D eigenvalue weighted by atomic mass is 10.2. The van der Waals surface area contributed by atoms with Crippen molar-refractivity contribution in [1.82, 2.24) is 24.2 Å². The van der Waals surface area contributed by atoms with Crippen molar-refractivity contribution in [3.05, 3.63) is 53.6 Å². The van der Waals surface area contributed by atoms with E-state index in [1.807, 2.05) is 30.5 Å². The summed E-state index contributed by atoms with van der Waals surface area (Å²) in [5.41, 5.74) is 1.23. The Morgan fingerprint density at radius 1 is 1.29 bits per heavy atom. The van der Waals surface area contributed by atoms with E-state index in [9.17, 15) is 0 Å². The highest BCUT2D eigenvalue weighted by Crippen LogP contribution is 2.14. The molecule has 1 unspecified atom stereocenters. The van der Waals surface area contributed by atoms with Gasteiger partial charge < -0.3 is 10.6 Å². The van der Waals surface area contributed by atoms with E-state index >= 15 is 0 Å². The van der Waals surface area contributed by atoms with E-state index in [4.69, 9.17) is 11.6 Å². The Balaban J connectivity index is 1.39. The summed E-state index contributed by atoms with van der Waals surface area (Å²) in [6.07, 6.45) is 6.22. The van der Waals surface area contributed by atoms with E-state index in [-0.39, 0.29) is 0 Å². The molecule has 0 bridgehead atoms. The third kappa shape index (κ3) is 4.77. The maximum atomic E-state index is 5.89. The molecule has 0 spiro atoms. The number of nitrogens with zero attached hydrogens (tertiary/aromatic N) is 4. The molecule has 1 atom stereocenters. The summed E-state index contributed by atoms with van der Waals surface area (Å²) in [5.74, 6) is 0.647. The van der Waals surface area contributed by atoms with Gasteiger partial charge >= 0.3 is 0 Å². The fourth-order valence-corrected chi connectivity index (χ4v) is 2.88. The van der Waals surface area contributed by atoms with Gasteiger partial charge in [0.2, 0.25) is 11.1 Å². The van der Waals surface area contributed by atoms with Crippen molar-refractivity contribution < 1.29 is 0 Å². The summed E-state index contributed by atoms with van der Waals surface area (Å²) < 4.78 is 6.09. The number of aromatic nitrogens is 4. The average molecular weight is 363 g/mol. The zero-order chi connectivity index (χ0) is 16.8. The van der Waals surface area contributed by atoms with E-state index < -0.39 is 0 Å². The van der Waals surface area contributed by atoms with Crippen molar-refractivity contribution >= 4 is 28.3 Å². The minimum absolute atomic E-state index is 0.397. The van der Waals surface area contributed by atoms with Gasteiger partial charge in [-0.05, 0) is 31.0 Å². The van der Waals surface area contributed by atoms with E-state index in [2.05, 4.69) is 31.9 Å². The second-order valence-electron chi connectivity index (χ2n) is 5.49. The zero-order valence-corrected chi connectivity index (χ0v) is 14.9. The standard InChI is InChI=1S/C16H19ClN6S/c1-12(20-10-13-2-4-14(17)5-3-13)6-7-19-16-21-15(22-24-16)23-9-8-18-11-23/h2-5,8-9,11-12,20H,6-7,10H2,1H3,(H,19,21,22). The van der Waals surface area contributed by atoms with Crippen molar-refractivity contribution in [2.45, 2.75) is 25.9 Å². The Hall–Kier alpha value is -1.96. The molecule has 0 fully saturated rings. The highest BCUT2D eigenvalue weighted by atomic mass is 35.5. The van der Waals surface area contributed by atoms with Gasteiger partial charge in [0.1, 0.15) is 6.33 Å². The molecule has 0 saturated heterocycles. The molecule has 3 rings (SSSR count). The first-order valence-corrected chi connectivity index (χ1v) is 8.89. The molecule has 2 heterocycles. The van der Waals surface area contributed by atoms with Crippen LogP contribution in [0.25, 0.3) is 5.95 Å². The SMILES string of the molecule is CC(CCNc1nc(-n2ccnc2)ns1)NCc1ccc(Cl)cc1. The van der Waals surface area contributed by atoms with Crippen LogP contribution in [0.3, 0.4) is 0 Å².